The molecule has 0 unspecified atom stereocenters. The van der Waals surface area contributed by atoms with Crippen LogP contribution in [0.4, 0.5) is 0 Å². The van der Waals surface area contributed by atoms with Crippen LogP contribution in [0.3, 0.4) is 0 Å². The number of benzene rings is 1. The Morgan fingerprint density at radius 2 is 2.18 bits per heavy atom. The summed E-state index contributed by atoms with van der Waals surface area (Å²) in [5, 5.41) is 10.5. The van der Waals surface area contributed by atoms with E-state index in [-0.39, 0.29) is 5.91 Å². The van der Waals surface area contributed by atoms with Gasteiger partial charge in [0.05, 0.1) is 13.1 Å². The van der Waals surface area contributed by atoms with E-state index in [1.54, 1.807) is 6.20 Å². The predicted molar refractivity (Wildman–Crippen MR) is 110 cm³/mol. The molecule has 0 radical (unpaired) electrons. The molecule has 1 amide bonds. The lowest BCUT2D eigenvalue weighted by Crippen LogP contribution is -2.32. The maximum absolute atomic E-state index is 12.9. The SMILES string of the molecule is C=CCN1CCc2c(c(C(=O)NCc3nccs3)nn2Cc2ccccc2)C1. The Bertz CT molecular complexity index is 949. The van der Waals surface area contributed by atoms with Crippen LogP contribution in [0.15, 0.2) is 54.6 Å². The number of fused-ring (bicyclic) bond motifs is 1. The van der Waals surface area contributed by atoms with Crippen LogP contribution in [0.5, 0.6) is 0 Å². The van der Waals surface area contributed by atoms with Gasteiger partial charge in [-0.3, -0.25) is 14.4 Å². The van der Waals surface area contributed by atoms with Crippen molar-refractivity contribution in [2.45, 2.75) is 26.1 Å². The summed E-state index contributed by atoms with van der Waals surface area (Å²) in [6.45, 7) is 7.41. The van der Waals surface area contributed by atoms with Crippen LogP contribution in [0.1, 0.15) is 32.3 Å². The van der Waals surface area contributed by atoms with Crippen LogP contribution in [0.2, 0.25) is 0 Å². The van der Waals surface area contributed by atoms with E-state index < -0.39 is 0 Å². The summed E-state index contributed by atoms with van der Waals surface area (Å²) in [7, 11) is 0. The molecule has 3 heterocycles. The highest BCUT2D eigenvalue weighted by atomic mass is 32.1. The Kier molecular flexibility index (Phi) is 5.64. The smallest absolute Gasteiger partial charge is 0.272 e. The van der Waals surface area contributed by atoms with Crippen molar-refractivity contribution in [1.82, 2.24) is 25.0 Å². The van der Waals surface area contributed by atoms with Crippen molar-refractivity contribution in [2.75, 3.05) is 13.1 Å². The monoisotopic (exact) mass is 393 g/mol. The van der Waals surface area contributed by atoms with E-state index in [1.807, 2.05) is 34.3 Å². The molecule has 28 heavy (non-hydrogen) atoms. The normalized spacial score (nSPS) is 13.9. The van der Waals surface area contributed by atoms with Crippen molar-refractivity contribution in [3.8, 4) is 0 Å². The Balaban J connectivity index is 1.60. The highest BCUT2D eigenvalue weighted by molar-refractivity contribution is 7.09. The zero-order chi connectivity index (χ0) is 19.3. The third-order valence-electron chi connectivity index (χ3n) is 4.87. The van der Waals surface area contributed by atoms with Gasteiger partial charge in [0.1, 0.15) is 5.01 Å². The van der Waals surface area contributed by atoms with Gasteiger partial charge >= 0.3 is 0 Å². The average molecular weight is 394 g/mol. The maximum Gasteiger partial charge on any atom is 0.272 e. The van der Waals surface area contributed by atoms with Gasteiger partial charge in [-0.2, -0.15) is 5.10 Å². The van der Waals surface area contributed by atoms with E-state index in [0.29, 0.717) is 18.8 Å². The average Bonchev–Trinajstić information content (AvgIpc) is 3.35. The summed E-state index contributed by atoms with van der Waals surface area (Å²) in [5.74, 6) is -0.140. The molecule has 1 aliphatic heterocycles. The predicted octanol–water partition coefficient (Wildman–Crippen LogP) is 2.86. The van der Waals surface area contributed by atoms with Gasteiger partial charge in [0.25, 0.3) is 5.91 Å². The zero-order valence-electron chi connectivity index (χ0n) is 15.7. The molecular weight excluding hydrogens is 370 g/mol. The van der Waals surface area contributed by atoms with E-state index in [9.17, 15) is 4.79 Å². The number of rotatable bonds is 7. The first-order valence-electron chi connectivity index (χ1n) is 9.37. The van der Waals surface area contributed by atoms with Crippen LogP contribution in [0, 0.1) is 0 Å². The minimum Gasteiger partial charge on any atom is -0.344 e. The van der Waals surface area contributed by atoms with Gasteiger partial charge in [-0.15, -0.1) is 17.9 Å². The molecule has 0 aliphatic carbocycles. The topological polar surface area (TPSA) is 63.1 Å². The Morgan fingerprint density at radius 1 is 1.32 bits per heavy atom. The standard InChI is InChI=1S/C21H23N5OS/c1-2-10-25-11-8-18-17(15-25)20(21(27)23-13-19-22-9-12-28-19)24-26(18)14-16-6-4-3-5-7-16/h2-7,9,12H,1,8,10-11,13-15H2,(H,23,27). The lowest BCUT2D eigenvalue weighted by atomic mass is 10.0. The van der Waals surface area contributed by atoms with Crippen molar-refractivity contribution >= 4 is 17.2 Å². The fourth-order valence-electron chi connectivity index (χ4n) is 3.53. The molecule has 0 bridgehead atoms. The largest absolute Gasteiger partial charge is 0.344 e. The first kappa shape index (κ1) is 18.6. The van der Waals surface area contributed by atoms with Gasteiger partial charge in [0.2, 0.25) is 0 Å². The van der Waals surface area contributed by atoms with Crippen LogP contribution in [0.25, 0.3) is 0 Å². The van der Waals surface area contributed by atoms with E-state index in [4.69, 9.17) is 5.10 Å². The van der Waals surface area contributed by atoms with Crippen molar-refractivity contribution in [2.24, 2.45) is 0 Å². The van der Waals surface area contributed by atoms with E-state index in [0.717, 1.165) is 42.3 Å². The Hall–Kier alpha value is -2.77. The second kappa shape index (κ2) is 8.50. The molecule has 3 aromatic rings. The highest BCUT2D eigenvalue weighted by Crippen LogP contribution is 2.24. The number of nitrogens with one attached hydrogen (secondary N) is 1. The molecule has 0 saturated carbocycles. The molecule has 1 N–H and O–H groups in total. The molecule has 6 nitrogen and oxygen atoms in total. The molecular formula is C21H23N5OS. The second-order valence-electron chi connectivity index (χ2n) is 6.80. The summed E-state index contributed by atoms with van der Waals surface area (Å²) in [4.78, 5) is 19.4. The second-order valence-corrected chi connectivity index (χ2v) is 7.78. The highest BCUT2D eigenvalue weighted by Gasteiger charge is 2.27. The van der Waals surface area contributed by atoms with Gasteiger partial charge in [0.15, 0.2) is 5.69 Å². The zero-order valence-corrected chi connectivity index (χ0v) is 16.5. The van der Waals surface area contributed by atoms with E-state index >= 15 is 0 Å². The van der Waals surface area contributed by atoms with Gasteiger partial charge in [-0.05, 0) is 5.56 Å². The summed E-state index contributed by atoms with van der Waals surface area (Å²) in [6, 6.07) is 10.2. The van der Waals surface area contributed by atoms with Crippen molar-refractivity contribution in [3.05, 3.63) is 82.1 Å². The van der Waals surface area contributed by atoms with Gasteiger partial charge in [-0.25, -0.2) is 4.98 Å². The lowest BCUT2D eigenvalue weighted by Gasteiger charge is -2.26. The van der Waals surface area contributed by atoms with Gasteiger partial charge < -0.3 is 5.32 Å². The van der Waals surface area contributed by atoms with Gasteiger partial charge in [0, 0.05) is 48.9 Å². The molecule has 0 spiro atoms. The van der Waals surface area contributed by atoms with Crippen molar-refractivity contribution in [3.63, 3.8) is 0 Å². The Labute approximate surface area is 168 Å². The van der Waals surface area contributed by atoms with Crippen LogP contribution in [-0.2, 0) is 26.1 Å². The molecule has 2 aromatic heterocycles. The summed E-state index contributed by atoms with van der Waals surface area (Å²) in [5.41, 5.74) is 3.89. The quantitative estimate of drug-likeness (QED) is 0.627. The summed E-state index contributed by atoms with van der Waals surface area (Å²) in [6.07, 6.45) is 4.53. The van der Waals surface area contributed by atoms with Crippen molar-refractivity contribution < 1.29 is 4.79 Å². The maximum atomic E-state index is 12.9. The molecule has 0 fully saturated rings. The van der Waals surface area contributed by atoms with Crippen LogP contribution in [-0.4, -0.2) is 38.7 Å². The fourth-order valence-corrected chi connectivity index (χ4v) is 4.09. The van der Waals surface area contributed by atoms with Crippen molar-refractivity contribution in [1.29, 1.82) is 0 Å². The number of hydrogen-bond donors (Lipinski definition) is 1. The molecule has 144 valence electrons. The molecule has 1 aromatic carbocycles. The first-order chi connectivity index (χ1) is 13.7. The number of thiazole rings is 1. The number of nitrogens with zero attached hydrogens (tertiary/aromatic N) is 4. The number of aromatic nitrogens is 3. The fraction of sp³-hybridized carbons (Fsp3) is 0.286. The minimum absolute atomic E-state index is 0.140. The molecule has 0 atom stereocenters. The Morgan fingerprint density at radius 3 is 2.93 bits per heavy atom. The number of hydrogen-bond acceptors (Lipinski definition) is 5. The van der Waals surface area contributed by atoms with E-state index in [2.05, 4.69) is 33.9 Å². The number of carbonyl (C=O) groups excluding carboxylic acids is 1. The molecule has 4 rings (SSSR count). The molecule has 1 aliphatic rings. The number of amides is 1. The molecule has 7 heteroatoms. The van der Waals surface area contributed by atoms with Gasteiger partial charge in [-0.1, -0.05) is 36.4 Å². The summed E-state index contributed by atoms with van der Waals surface area (Å²) >= 11 is 1.53. The third-order valence-corrected chi connectivity index (χ3v) is 5.65. The van der Waals surface area contributed by atoms with Crippen LogP contribution < -0.4 is 5.32 Å². The number of carbonyl (C=O) groups is 1. The summed E-state index contributed by atoms with van der Waals surface area (Å²) < 4.78 is 1.99. The molecule has 0 saturated heterocycles. The van der Waals surface area contributed by atoms with E-state index in [1.165, 1.54) is 16.9 Å². The van der Waals surface area contributed by atoms with Crippen LogP contribution >= 0.6 is 11.3 Å². The third kappa shape index (κ3) is 4.05. The first-order valence-corrected chi connectivity index (χ1v) is 10.2. The minimum atomic E-state index is -0.140. The lowest BCUT2D eigenvalue weighted by molar-refractivity contribution is 0.0943.